The fraction of sp³-hybridized carbons (Fsp3) is 1.00. The maximum atomic E-state index is 6.73. The molecule has 0 spiro atoms. The third-order valence-electron chi connectivity index (χ3n) is 15.6. The quantitative estimate of drug-likeness (QED) is 0.261. The third-order valence-corrected chi connectivity index (χ3v) is 15.6. The molecule has 30 aliphatic heterocycles. The summed E-state index contributed by atoms with van der Waals surface area (Å²) in [4.78, 5) is 0. The minimum Gasteiger partial charge on any atom is -0.373 e. The molecule has 372 valence electrons. The van der Waals surface area contributed by atoms with Gasteiger partial charge in [-0.2, -0.15) is 0 Å². The zero-order chi connectivity index (χ0) is 44.5. The minimum absolute atomic E-state index is 0.235. The topological polar surface area (TPSA) is 222 Å². The molecule has 24 bridgehead atoms. The van der Waals surface area contributed by atoms with E-state index in [-0.39, 0.29) is 39.6 Å². The van der Waals surface area contributed by atoms with Crippen LogP contribution in [0.3, 0.4) is 0 Å². The lowest BCUT2D eigenvalue weighted by Crippen LogP contribution is -2.65. The SMILES string of the molecule is CO[C@H]1[C@H]2O[C@H]3[C@@H]4OC[C@H]3O[C@H](O[C@H]3[C@@H]5OC[C@H]3O[C@H](O[C@H]3[C@@H]6OC[C@H]3O[C@H](O[C@H]3[C@@H]7OC[C@H]3O[C@H](O[C@H]3[C@@H]8OC[C@H]3O[C@H](O[C@H]3[C@@H]1OC[C@H]3O2)[C@@H]8OC)[C@@H]7OC)[C@@H]6OC)[C@@H]5OC)[C@@H]4OC. The largest absolute Gasteiger partial charge is 0.373 e. The Kier molecular flexibility index (Phi) is 12.2. The Labute approximate surface area is 379 Å². The van der Waals surface area contributed by atoms with Crippen LogP contribution in [-0.4, -0.2) is 267 Å². The van der Waals surface area contributed by atoms with Gasteiger partial charge in [-0.3, -0.25) is 0 Å². The highest BCUT2D eigenvalue weighted by Crippen LogP contribution is 2.46. The molecule has 0 radical (unpaired) electrons. The molecule has 0 saturated carbocycles. The van der Waals surface area contributed by atoms with Gasteiger partial charge in [0.2, 0.25) is 0 Å². The first-order valence-corrected chi connectivity index (χ1v) is 23.1. The summed E-state index contributed by atoms with van der Waals surface area (Å²) in [6.07, 6.45) is -19.7. The summed E-state index contributed by atoms with van der Waals surface area (Å²) in [6, 6.07) is 0. The molecular formula is C42H60O24. The minimum atomic E-state index is -0.866. The number of hydrogen-bond donors (Lipinski definition) is 0. The highest BCUT2D eigenvalue weighted by atomic mass is 16.8. The second-order valence-corrected chi connectivity index (χ2v) is 18.9. The van der Waals surface area contributed by atoms with E-state index < -0.39 is 184 Å². The van der Waals surface area contributed by atoms with Crippen LogP contribution in [0.4, 0.5) is 0 Å². The lowest BCUT2D eigenvalue weighted by atomic mass is 9.97. The summed E-state index contributed by atoms with van der Waals surface area (Å²) >= 11 is 0. The summed E-state index contributed by atoms with van der Waals surface area (Å²) in [7, 11) is 9.47. The van der Waals surface area contributed by atoms with E-state index >= 15 is 0 Å². The van der Waals surface area contributed by atoms with Crippen LogP contribution in [0, 0.1) is 0 Å². The Balaban J connectivity index is 0.795. The molecule has 0 aromatic carbocycles. The van der Waals surface area contributed by atoms with E-state index in [1.807, 2.05) is 0 Å². The summed E-state index contributed by atoms with van der Waals surface area (Å²) < 4.78 is 154. The van der Waals surface area contributed by atoms with E-state index in [0.29, 0.717) is 0 Å². The van der Waals surface area contributed by atoms with Crippen LogP contribution in [-0.2, 0) is 114 Å². The van der Waals surface area contributed by atoms with Crippen molar-refractivity contribution in [3.05, 3.63) is 0 Å². The van der Waals surface area contributed by atoms with Crippen LogP contribution in [0.5, 0.6) is 0 Å². The molecular weight excluding hydrogens is 888 g/mol. The predicted molar refractivity (Wildman–Crippen MR) is 204 cm³/mol. The molecule has 30 saturated heterocycles. The van der Waals surface area contributed by atoms with Crippen LogP contribution in [0.2, 0.25) is 0 Å². The second kappa shape index (κ2) is 18.0. The van der Waals surface area contributed by atoms with Gasteiger partial charge in [-0.1, -0.05) is 0 Å². The van der Waals surface area contributed by atoms with Crippen molar-refractivity contribution in [2.75, 3.05) is 82.3 Å². The van der Waals surface area contributed by atoms with Crippen molar-refractivity contribution in [1.29, 1.82) is 0 Å². The van der Waals surface area contributed by atoms with E-state index in [0.717, 1.165) is 0 Å². The van der Waals surface area contributed by atoms with Gasteiger partial charge in [0.1, 0.15) is 146 Å². The van der Waals surface area contributed by atoms with Gasteiger partial charge < -0.3 is 114 Å². The van der Waals surface area contributed by atoms with E-state index in [4.69, 9.17) is 114 Å². The van der Waals surface area contributed by atoms with Crippen molar-refractivity contribution in [3.63, 3.8) is 0 Å². The molecule has 0 aliphatic carbocycles. The molecule has 0 amide bonds. The second-order valence-electron chi connectivity index (χ2n) is 18.9. The van der Waals surface area contributed by atoms with E-state index in [1.54, 1.807) is 42.7 Å². The number of methoxy groups -OCH3 is 6. The Morgan fingerprint density at radius 1 is 0.212 bits per heavy atom. The molecule has 0 aromatic heterocycles. The highest BCUT2D eigenvalue weighted by Gasteiger charge is 2.65. The number of hydrogen-bond acceptors (Lipinski definition) is 24. The molecule has 0 unspecified atom stereocenters. The first kappa shape index (κ1) is 44.9. The van der Waals surface area contributed by atoms with Crippen molar-refractivity contribution in [1.82, 2.24) is 0 Å². The molecule has 0 N–H and O–H groups in total. The average Bonchev–Trinajstić information content (AvgIpc) is 4.09. The molecule has 30 aliphatic rings. The summed E-state index contributed by atoms with van der Waals surface area (Å²) in [5, 5.41) is 0. The van der Waals surface area contributed by atoms with Crippen molar-refractivity contribution in [2.24, 2.45) is 0 Å². The van der Waals surface area contributed by atoms with Crippen molar-refractivity contribution in [3.8, 4) is 0 Å². The fourth-order valence-corrected chi connectivity index (χ4v) is 12.5. The maximum absolute atomic E-state index is 6.73. The Bertz CT molecular complexity index is 1410. The van der Waals surface area contributed by atoms with Crippen LogP contribution in [0.25, 0.3) is 0 Å². The van der Waals surface area contributed by atoms with Crippen LogP contribution < -0.4 is 0 Å². The monoisotopic (exact) mass is 948 g/mol. The lowest BCUT2D eigenvalue weighted by molar-refractivity contribution is -0.370. The Morgan fingerprint density at radius 3 is 0.500 bits per heavy atom. The molecule has 30 fully saturated rings. The zero-order valence-electron chi connectivity index (χ0n) is 37.4. The first-order chi connectivity index (χ1) is 32.4. The first-order valence-electron chi connectivity index (χ1n) is 23.1. The zero-order valence-corrected chi connectivity index (χ0v) is 37.4. The smallest absolute Gasteiger partial charge is 0.187 e. The average molecular weight is 949 g/mol. The van der Waals surface area contributed by atoms with Gasteiger partial charge in [0.05, 0.1) is 39.6 Å². The lowest BCUT2D eigenvalue weighted by Gasteiger charge is -2.48. The molecule has 66 heavy (non-hydrogen) atoms. The Morgan fingerprint density at radius 2 is 0.364 bits per heavy atom. The normalized spacial score (nSPS) is 59.2. The molecule has 30 heterocycles. The fourth-order valence-electron chi connectivity index (χ4n) is 12.5. The van der Waals surface area contributed by atoms with E-state index in [9.17, 15) is 0 Å². The molecule has 24 heteroatoms. The maximum Gasteiger partial charge on any atom is 0.187 e. The van der Waals surface area contributed by atoms with Crippen molar-refractivity contribution < 1.29 is 114 Å². The van der Waals surface area contributed by atoms with Gasteiger partial charge in [0.25, 0.3) is 0 Å². The van der Waals surface area contributed by atoms with Gasteiger partial charge in [-0.05, 0) is 0 Å². The third kappa shape index (κ3) is 7.09. The Hall–Kier alpha value is -0.960. The van der Waals surface area contributed by atoms with Gasteiger partial charge in [-0.25, -0.2) is 0 Å². The van der Waals surface area contributed by atoms with E-state index in [2.05, 4.69) is 0 Å². The van der Waals surface area contributed by atoms with Crippen LogP contribution >= 0.6 is 0 Å². The van der Waals surface area contributed by atoms with Crippen molar-refractivity contribution >= 4 is 0 Å². The summed E-state index contributed by atoms with van der Waals surface area (Å²) in [5.41, 5.74) is 0. The highest BCUT2D eigenvalue weighted by molar-refractivity contribution is 5.07. The summed E-state index contributed by atoms with van der Waals surface area (Å²) in [5.74, 6) is 0. The molecule has 30 rings (SSSR count). The summed E-state index contributed by atoms with van der Waals surface area (Å²) in [6.45, 7) is 1.41. The molecule has 30 atom stereocenters. The van der Waals surface area contributed by atoms with Gasteiger partial charge in [-0.15, -0.1) is 0 Å². The van der Waals surface area contributed by atoms with Gasteiger partial charge in [0, 0.05) is 42.7 Å². The number of ether oxygens (including phenoxy) is 24. The molecule has 0 aromatic rings. The van der Waals surface area contributed by atoms with Crippen molar-refractivity contribution in [2.45, 2.75) is 184 Å². The standard InChI is InChI=1S/C42H60O24/c1-43-31-25-19-13(7-49-25)55-37(31)61-20-14-8-50-26(20)32(44-2)39(56-14)63-22-16-10-52-28(22)34(46-4)41(58-16)65-24-18-12-54-30(24)36(48-6)42(60-18)66-23-17-11-53-29(23)35(47-5)40(59-17)64-21-15-9-51-27(21)33(45-3)38(57-15)62-19/h13-42H,7-12H2,1-6H3/t13-,14-,15-,16-,17-,18-,19-,20-,21-,22-,23-,24-,25+,26+,27+,28+,29+,30+,31-,32-,33-,34-,35-,36-,37-,38-,39-,40-,41-,42-/m1/s1. The van der Waals surface area contributed by atoms with Gasteiger partial charge in [0.15, 0.2) is 37.7 Å². The van der Waals surface area contributed by atoms with Crippen LogP contribution in [0.1, 0.15) is 0 Å². The van der Waals surface area contributed by atoms with Gasteiger partial charge >= 0.3 is 0 Å². The van der Waals surface area contributed by atoms with E-state index in [1.165, 1.54) is 0 Å². The molecule has 24 nitrogen and oxygen atoms in total. The number of rotatable bonds is 6. The predicted octanol–water partition coefficient (Wildman–Crippen LogP) is -2.86. The van der Waals surface area contributed by atoms with Crippen LogP contribution in [0.15, 0.2) is 0 Å².